The van der Waals surface area contributed by atoms with Gasteiger partial charge in [-0.15, -0.1) is 11.3 Å². The summed E-state index contributed by atoms with van der Waals surface area (Å²) in [5, 5.41) is 3.04. The van der Waals surface area contributed by atoms with Gasteiger partial charge in [-0.1, -0.05) is 6.07 Å². The summed E-state index contributed by atoms with van der Waals surface area (Å²) in [6.07, 6.45) is 3.92. The van der Waals surface area contributed by atoms with E-state index in [9.17, 15) is 9.59 Å². The Morgan fingerprint density at radius 1 is 1.09 bits per heavy atom. The number of ketones is 1. The van der Waals surface area contributed by atoms with Crippen LogP contribution in [0.4, 0.5) is 16.2 Å². The summed E-state index contributed by atoms with van der Waals surface area (Å²) >= 11 is 1.48. The van der Waals surface area contributed by atoms with Crippen LogP contribution in [-0.4, -0.2) is 53.3 Å². The van der Waals surface area contributed by atoms with Gasteiger partial charge in [-0.3, -0.25) is 4.79 Å². The maximum atomic E-state index is 13.1. The van der Waals surface area contributed by atoms with Crippen molar-refractivity contribution < 1.29 is 9.59 Å². The fraction of sp³-hybridized carbons (Fsp3) is 0.296. The number of amides is 2. The van der Waals surface area contributed by atoms with Gasteiger partial charge in [0, 0.05) is 50.7 Å². The minimum absolute atomic E-state index is 0.0651. The topological polar surface area (TPSA) is 70.0 Å². The summed E-state index contributed by atoms with van der Waals surface area (Å²) in [6, 6.07) is 17.7. The molecule has 0 unspecified atom stereocenters. The Morgan fingerprint density at radius 2 is 1.89 bits per heavy atom. The second-order valence-electron chi connectivity index (χ2n) is 9.15. The molecule has 1 atom stereocenters. The number of thiophene rings is 1. The second-order valence-corrected chi connectivity index (χ2v) is 10.2. The number of nitrogens with zero attached hydrogens (tertiary/aromatic N) is 4. The van der Waals surface area contributed by atoms with Gasteiger partial charge in [0.2, 0.25) is 0 Å². The first kappa shape index (κ1) is 23.1. The van der Waals surface area contributed by atoms with Crippen LogP contribution in [0.25, 0.3) is 16.1 Å². The molecule has 0 radical (unpaired) electrons. The molecule has 7 nitrogen and oxygen atoms in total. The summed E-state index contributed by atoms with van der Waals surface area (Å²) in [5.41, 5.74) is 3.78. The number of anilines is 2. The lowest BCUT2D eigenvalue weighted by Crippen LogP contribution is -2.42. The maximum absolute atomic E-state index is 13.1. The van der Waals surface area contributed by atoms with E-state index in [4.69, 9.17) is 4.98 Å². The number of likely N-dealkylation sites (tertiary alicyclic amines) is 1. The number of hydrogen-bond donors (Lipinski definition) is 1. The fourth-order valence-electron chi connectivity index (χ4n) is 4.60. The van der Waals surface area contributed by atoms with E-state index in [-0.39, 0.29) is 17.7 Å². The zero-order chi connectivity index (χ0) is 24.5. The van der Waals surface area contributed by atoms with Crippen LogP contribution in [0, 0.1) is 0 Å². The van der Waals surface area contributed by atoms with Crippen LogP contribution in [-0.2, 0) is 0 Å². The van der Waals surface area contributed by atoms with Crippen molar-refractivity contribution in [1.29, 1.82) is 0 Å². The fourth-order valence-corrected chi connectivity index (χ4v) is 5.50. The summed E-state index contributed by atoms with van der Waals surface area (Å²) in [6.45, 7) is 2.92. The predicted octanol–water partition coefficient (Wildman–Crippen LogP) is 5.74. The molecule has 2 amide bonds. The number of pyridine rings is 1. The van der Waals surface area contributed by atoms with Crippen LogP contribution in [0.3, 0.4) is 0 Å². The SMILES string of the molecule is CC(=O)c1ccc(-c2nc([C@@H]3CCCN(C(=O)Nc4ccc(N(C)C)cc4)C3)n3ccccc23)s1. The van der Waals surface area contributed by atoms with Gasteiger partial charge < -0.3 is 19.5 Å². The van der Waals surface area contributed by atoms with Crippen molar-refractivity contribution in [1.82, 2.24) is 14.3 Å². The number of hydrogen-bond acceptors (Lipinski definition) is 5. The number of carbonyl (C=O) groups is 2. The standard InChI is InChI=1S/C27H29N5O2S/c1-18(33)23-13-14-24(35-23)25-22-8-4-5-16-32(22)26(29-25)19-7-6-15-31(17-19)27(34)28-20-9-11-21(12-10-20)30(2)3/h4-5,8-14,16,19H,6-7,15,17H2,1-3H3,(H,28,34)/t19-/m1/s1. The molecule has 1 aromatic carbocycles. The number of benzene rings is 1. The van der Waals surface area contributed by atoms with Crippen molar-refractivity contribution >= 4 is 40.0 Å². The number of aromatic nitrogens is 2. The van der Waals surface area contributed by atoms with Crippen molar-refractivity contribution in [3.8, 4) is 10.6 Å². The quantitative estimate of drug-likeness (QED) is 0.364. The molecular weight excluding hydrogens is 458 g/mol. The van der Waals surface area contributed by atoms with Crippen molar-refractivity contribution in [2.75, 3.05) is 37.4 Å². The molecule has 1 saturated heterocycles. The molecule has 1 N–H and O–H groups in total. The molecule has 8 heteroatoms. The van der Waals surface area contributed by atoms with Crippen LogP contribution in [0.2, 0.25) is 0 Å². The molecule has 1 aliphatic heterocycles. The van der Waals surface area contributed by atoms with Crippen molar-refractivity contribution in [3.05, 3.63) is 71.5 Å². The van der Waals surface area contributed by atoms with Crippen molar-refractivity contribution in [2.24, 2.45) is 0 Å². The van der Waals surface area contributed by atoms with Crippen LogP contribution >= 0.6 is 11.3 Å². The van der Waals surface area contributed by atoms with Gasteiger partial charge >= 0.3 is 6.03 Å². The largest absolute Gasteiger partial charge is 0.378 e. The number of fused-ring (bicyclic) bond motifs is 1. The van der Waals surface area contributed by atoms with E-state index in [1.54, 1.807) is 6.92 Å². The van der Waals surface area contributed by atoms with Crippen LogP contribution in [0.1, 0.15) is 41.2 Å². The Labute approximate surface area is 209 Å². The minimum Gasteiger partial charge on any atom is -0.378 e. The van der Waals surface area contributed by atoms with Gasteiger partial charge in [-0.05, 0) is 68.3 Å². The summed E-state index contributed by atoms with van der Waals surface area (Å²) in [5.74, 6) is 1.15. The molecule has 1 aliphatic rings. The lowest BCUT2D eigenvalue weighted by atomic mass is 9.97. The summed E-state index contributed by atoms with van der Waals surface area (Å²) < 4.78 is 2.13. The van der Waals surface area contributed by atoms with Gasteiger partial charge in [0.15, 0.2) is 5.78 Å². The normalized spacial score (nSPS) is 15.9. The van der Waals surface area contributed by atoms with Crippen LogP contribution < -0.4 is 10.2 Å². The van der Waals surface area contributed by atoms with Gasteiger partial charge in [0.05, 0.1) is 15.3 Å². The van der Waals surface area contributed by atoms with E-state index in [1.807, 2.05) is 78.6 Å². The van der Waals surface area contributed by atoms with Gasteiger partial charge in [0.1, 0.15) is 11.5 Å². The van der Waals surface area contributed by atoms with Crippen LogP contribution in [0.15, 0.2) is 60.8 Å². The first-order valence-corrected chi connectivity index (χ1v) is 12.6. The molecule has 0 bridgehead atoms. The summed E-state index contributed by atoms with van der Waals surface area (Å²) in [7, 11) is 3.99. The van der Waals surface area contributed by atoms with Gasteiger partial charge in [-0.2, -0.15) is 0 Å². The molecule has 0 spiro atoms. The molecule has 35 heavy (non-hydrogen) atoms. The number of nitrogens with one attached hydrogen (secondary N) is 1. The van der Waals surface area contributed by atoms with E-state index in [2.05, 4.69) is 15.8 Å². The Kier molecular flexibility index (Phi) is 6.30. The molecule has 4 heterocycles. The zero-order valence-electron chi connectivity index (χ0n) is 20.2. The van der Waals surface area contributed by atoms with E-state index < -0.39 is 0 Å². The number of carbonyl (C=O) groups excluding carboxylic acids is 2. The average molecular weight is 488 g/mol. The Bertz CT molecular complexity index is 1370. The molecule has 0 saturated carbocycles. The number of piperidine rings is 1. The summed E-state index contributed by atoms with van der Waals surface area (Å²) in [4.78, 5) is 35.6. The second kappa shape index (κ2) is 9.54. The van der Waals surface area contributed by atoms with E-state index in [0.29, 0.717) is 6.54 Å². The third-order valence-electron chi connectivity index (χ3n) is 6.47. The molecule has 0 aliphatic carbocycles. The monoisotopic (exact) mass is 487 g/mol. The predicted molar refractivity (Wildman–Crippen MR) is 142 cm³/mol. The number of urea groups is 1. The highest BCUT2D eigenvalue weighted by Gasteiger charge is 2.29. The minimum atomic E-state index is -0.0854. The third-order valence-corrected chi connectivity index (χ3v) is 7.66. The smallest absolute Gasteiger partial charge is 0.321 e. The van der Waals surface area contributed by atoms with Crippen molar-refractivity contribution in [3.63, 3.8) is 0 Å². The lowest BCUT2D eigenvalue weighted by molar-refractivity contribution is 0.102. The zero-order valence-corrected chi connectivity index (χ0v) is 21.0. The number of Topliss-reactive ketones (excluding diaryl/α,β-unsaturated/α-hetero) is 1. The lowest BCUT2D eigenvalue weighted by Gasteiger charge is -2.32. The molecular formula is C27H29N5O2S. The highest BCUT2D eigenvalue weighted by molar-refractivity contribution is 7.17. The maximum Gasteiger partial charge on any atom is 0.321 e. The Hall–Kier alpha value is -3.65. The Balaban J connectivity index is 1.38. The van der Waals surface area contributed by atoms with E-state index in [0.717, 1.165) is 57.6 Å². The average Bonchev–Trinajstić information content (AvgIpc) is 3.50. The molecule has 180 valence electrons. The first-order valence-electron chi connectivity index (χ1n) is 11.8. The Morgan fingerprint density at radius 3 is 2.60 bits per heavy atom. The number of rotatable bonds is 5. The third kappa shape index (κ3) is 4.66. The van der Waals surface area contributed by atoms with E-state index in [1.165, 1.54) is 11.3 Å². The van der Waals surface area contributed by atoms with Gasteiger partial charge in [-0.25, -0.2) is 9.78 Å². The highest BCUT2D eigenvalue weighted by atomic mass is 32.1. The molecule has 5 rings (SSSR count). The highest BCUT2D eigenvalue weighted by Crippen LogP contribution is 2.35. The molecule has 3 aromatic heterocycles. The molecule has 4 aromatic rings. The van der Waals surface area contributed by atoms with Crippen molar-refractivity contribution in [2.45, 2.75) is 25.7 Å². The molecule has 1 fully saturated rings. The van der Waals surface area contributed by atoms with Crippen LogP contribution in [0.5, 0.6) is 0 Å². The van der Waals surface area contributed by atoms with E-state index >= 15 is 0 Å². The first-order chi connectivity index (χ1) is 16.9. The van der Waals surface area contributed by atoms with Gasteiger partial charge in [0.25, 0.3) is 0 Å². The number of imidazole rings is 1.